The van der Waals surface area contributed by atoms with Gasteiger partial charge >= 0.3 is 0 Å². The number of carbonyl (C=O) groups is 1. The molecular weight excluding hydrogens is 312 g/mol. The van der Waals surface area contributed by atoms with E-state index in [4.69, 9.17) is 16.1 Å². The molecule has 0 spiro atoms. The Balaban J connectivity index is 1.77. The molecule has 0 saturated heterocycles. The highest BCUT2D eigenvalue weighted by atomic mass is 35.5. The number of rotatable bonds is 6. The molecule has 21 heavy (non-hydrogen) atoms. The second-order valence-electron chi connectivity index (χ2n) is 4.56. The Bertz CT molecular complexity index is 657. The molecule has 7 heteroatoms. The quantitative estimate of drug-likeness (QED) is 0.883. The van der Waals surface area contributed by atoms with E-state index in [0.29, 0.717) is 23.0 Å². The Labute approximate surface area is 130 Å². The smallest absolute Gasteiger partial charge is 0.232 e. The van der Waals surface area contributed by atoms with Crippen LogP contribution in [0.5, 0.6) is 0 Å². The molecule has 112 valence electrons. The molecule has 1 heterocycles. The largest absolute Gasteiger partial charge is 0.361 e. The summed E-state index contributed by atoms with van der Waals surface area (Å²) >= 11 is 5.86. The summed E-state index contributed by atoms with van der Waals surface area (Å²) in [5, 5.41) is 7.08. The number of halogens is 1. The van der Waals surface area contributed by atoms with Gasteiger partial charge in [-0.15, -0.1) is 0 Å². The van der Waals surface area contributed by atoms with E-state index in [1.807, 2.05) is 12.1 Å². The molecule has 0 fully saturated rings. The highest BCUT2D eigenvalue weighted by Crippen LogP contribution is 2.10. The zero-order valence-electron chi connectivity index (χ0n) is 11.5. The first-order valence-corrected chi connectivity index (χ1v) is 8.18. The molecule has 1 N–H and O–H groups in total. The summed E-state index contributed by atoms with van der Waals surface area (Å²) in [7, 11) is -1.31. The van der Waals surface area contributed by atoms with Crippen molar-refractivity contribution in [3.63, 3.8) is 0 Å². The van der Waals surface area contributed by atoms with Crippen molar-refractivity contribution in [1.82, 2.24) is 10.5 Å². The number of hydrogen-bond donors (Lipinski definition) is 1. The van der Waals surface area contributed by atoms with E-state index in [-0.39, 0.29) is 17.4 Å². The van der Waals surface area contributed by atoms with Crippen molar-refractivity contribution in [2.24, 2.45) is 0 Å². The summed E-state index contributed by atoms with van der Waals surface area (Å²) in [6.45, 7) is 2.12. The number of amides is 1. The molecule has 0 aliphatic heterocycles. The van der Waals surface area contributed by atoms with Gasteiger partial charge in [-0.1, -0.05) is 28.9 Å². The molecule has 0 saturated carbocycles. The fourth-order valence-electron chi connectivity index (χ4n) is 1.75. The first kappa shape index (κ1) is 15.7. The normalized spacial score (nSPS) is 12.1. The Kier molecular flexibility index (Phi) is 5.52. The maximum absolute atomic E-state index is 11.8. The lowest BCUT2D eigenvalue weighted by atomic mass is 10.2. The summed E-state index contributed by atoms with van der Waals surface area (Å²) < 4.78 is 16.7. The van der Waals surface area contributed by atoms with Gasteiger partial charge in [0.05, 0.1) is 11.4 Å². The van der Waals surface area contributed by atoms with E-state index >= 15 is 0 Å². The Morgan fingerprint density at radius 3 is 2.90 bits per heavy atom. The van der Waals surface area contributed by atoms with Crippen LogP contribution in [-0.2, 0) is 27.9 Å². The fraction of sp³-hybridized carbons (Fsp3) is 0.286. The Morgan fingerprint density at radius 1 is 1.43 bits per heavy atom. The highest BCUT2D eigenvalue weighted by molar-refractivity contribution is 7.84. The van der Waals surface area contributed by atoms with Crippen molar-refractivity contribution in [3.8, 4) is 0 Å². The minimum Gasteiger partial charge on any atom is -0.361 e. The minimum atomic E-state index is -1.31. The topological polar surface area (TPSA) is 72.2 Å². The van der Waals surface area contributed by atoms with Crippen LogP contribution in [0.1, 0.15) is 17.0 Å². The number of nitrogens with one attached hydrogen (secondary N) is 1. The maximum atomic E-state index is 11.8. The number of aromatic nitrogens is 1. The van der Waals surface area contributed by atoms with Gasteiger partial charge in [0.2, 0.25) is 5.91 Å². The van der Waals surface area contributed by atoms with Crippen LogP contribution >= 0.6 is 11.6 Å². The molecule has 0 aliphatic carbocycles. The predicted molar refractivity (Wildman–Crippen MR) is 81.3 cm³/mol. The van der Waals surface area contributed by atoms with Gasteiger partial charge in [-0.2, -0.15) is 0 Å². The molecule has 0 radical (unpaired) electrons. The third kappa shape index (κ3) is 5.32. The zero-order chi connectivity index (χ0) is 15.2. The van der Waals surface area contributed by atoms with E-state index in [9.17, 15) is 9.00 Å². The summed E-state index contributed by atoms with van der Waals surface area (Å²) in [5.41, 5.74) is 1.49. The van der Waals surface area contributed by atoms with E-state index in [2.05, 4.69) is 10.5 Å². The van der Waals surface area contributed by atoms with Crippen LogP contribution in [0, 0.1) is 6.92 Å². The van der Waals surface area contributed by atoms with Gasteiger partial charge in [-0.05, 0) is 24.6 Å². The molecule has 1 aromatic heterocycles. The highest BCUT2D eigenvalue weighted by Gasteiger charge is 2.11. The molecule has 0 bridgehead atoms. The third-order valence-electron chi connectivity index (χ3n) is 2.66. The van der Waals surface area contributed by atoms with Crippen LogP contribution in [0.25, 0.3) is 0 Å². The average molecular weight is 327 g/mol. The van der Waals surface area contributed by atoms with Gasteiger partial charge < -0.3 is 9.84 Å². The second-order valence-corrected chi connectivity index (χ2v) is 6.46. The zero-order valence-corrected chi connectivity index (χ0v) is 13.0. The predicted octanol–water partition coefficient (Wildman–Crippen LogP) is 2.20. The Morgan fingerprint density at radius 2 is 2.24 bits per heavy atom. The molecule has 2 aromatic rings. The van der Waals surface area contributed by atoms with Crippen molar-refractivity contribution in [2.75, 3.05) is 5.75 Å². The summed E-state index contributed by atoms with van der Waals surface area (Å²) in [6, 6.07) is 8.93. The van der Waals surface area contributed by atoms with E-state index in [0.717, 1.165) is 5.56 Å². The molecular formula is C14H15ClN2O3S. The SMILES string of the molecule is Cc1cc(C[S@](=O)CC(=O)NCc2cccc(Cl)c2)no1. The number of aryl methyl sites for hydroxylation is 1. The van der Waals surface area contributed by atoms with Crippen molar-refractivity contribution in [1.29, 1.82) is 0 Å². The summed E-state index contributed by atoms with van der Waals surface area (Å²) in [4.78, 5) is 11.7. The van der Waals surface area contributed by atoms with Crippen molar-refractivity contribution < 1.29 is 13.5 Å². The standard InChI is InChI=1S/C14H15ClN2O3S/c1-10-5-13(17-20-10)8-21(19)9-14(18)16-7-11-3-2-4-12(15)6-11/h2-6H,7-9H2,1H3,(H,16,18)/t21-/m0/s1. The van der Waals surface area contributed by atoms with Gasteiger partial charge in [0.25, 0.3) is 0 Å². The molecule has 1 aromatic carbocycles. The van der Waals surface area contributed by atoms with Gasteiger partial charge in [0.1, 0.15) is 11.5 Å². The average Bonchev–Trinajstić information content (AvgIpc) is 2.81. The van der Waals surface area contributed by atoms with Crippen molar-refractivity contribution >= 4 is 28.3 Å². The molecule has 0 aliphatic rings. The lowest BCUT2D eigenvalue weighted by Crippen LogP contribution is -2.28. The van der Waals surface area contributed by atoms with Crippen molar-refractivity contribution in [2.45, 2.75) is 19.2 Å². The van der Waals surface area contributed by atoms with Crippen LogP contribution in [0.2, 0.25) is 5.02 Å². The van der Waals surface area contributed by atoms with E-state index in [1.165, 1.54) is 0 Å². The molecule has 1 amide bonds. The second kappa shape index (κ2) is 7.38. The maximum Gasteiger partial charge on any atom is 0.232 e. The Hall–Kier alpha value is -1.66. The molecule has 1 atom stereocenters. The molecule has 0 unspecified atom stereocenters. The minimum absolute atomic E-state index is 0.0630. The van der Waals surface area contributed by atoms with Crippen LogP contribution in [-0.4, -0.2) is 21.0 Å². The van der Waals surface area contributed by atoms with Gasteiger partial charge in [0, 0.05) is 28.4 Å². The number of nitrogens with zero attached hydrogens (tertiary/aromatic N) is 1. The third-order valence-corrected chi connectivity index (χ3v) is 4.09. The monoisotopic (exact) mass is 326 g/mol. The lowest BCUT2D eigenvalue weighted by Gasteiger charge is -2.05. The van der Waals surface area contributed by atoms with Crippen molar-refractivity contribution in [3.05, 3.63) is 52.4 Å². The molecule has 5 nitrogen and oxygen atoms in total. The number of hydrogen-bond acceptors (Lipinski definition) is 4. The van der Waals surface area contributed by atoms with Crippen LogP contribution in [0.4, 0.5) is 0 Å². The van der Waals surface area contributed by atoms with Crippen LogP contribution < -0.4 is 5.32 Å². The van der Waals surface area contributed by atoms with Gasteiger partial charge in [0.15, 0.2) is 0 Å². The molecule has 2 rings (SSSR count). The van der Waals surface area contributed by atoms with Gasteiger partial charge in [-0.25, -0.2) is 0 Å². The summed E-state index contributed by atoms with van der Waals surface area (Å²) in [6.07, 6.45) is 0. The number of carbonyl (C=O) groups excluding carboxylic acids is 1. The van der Waals surface area contributed by atoms with Crippen LogP contribution in [0.15, 0.2) is 34.9 Å². The lowest BCUT2D eigenvalue weighted by molar-refractivity contribution is -0.118. The van der Waals surface area contributed by atoms with E-state index < -0.39 is 10.8 Å². The first-order valence-electron chi connectivity index (χ1n) is 6.31. The summed E-state index contributed by atoms with van der Waals surface area (Å²) in [5.74, 6) is 0.537. The fourth-order valence-corrected chi connectivity index (χ4v) is 2.92. The first-order chi connectivity index (χ1) is 10.0. The van der Waals surface area contributed by atoms with Crippen LogP contribution in [0.3, 0.4) is 0 Å². The number of benzene rings is 1. The van der Waals surface area contributed by atoms with Gasteiger partial charge in [-0.3, -0.25) is 9.00 Å². The van der Waals surface area contributed by atoms with E-state index in [1.54, 1.807) is 25.1 Å².